The highest BCUT2D eigenvalue weighted by Crippen LogP contribution is 2.24. The average Bonchev–Trinajstić information content (AvgIpc) is 3.27. The van der Waals surface area contributed by atoms with Gasteiger partial charge in [0.05, 0.1) is 18.6 Å². The Kier molecular flexibility index (Phi) is 7.84. The van der Waals surface area contributed by atoms with Gasteiger partial charge in [0.25, 0.3) is 0 Å². The number of hydrogen-bond donors (Lipinski definition) is 2. The number of alkyl halides is 3. The van der Waals surface area contributed by atoms with Crippen molar-refractivity contribution in [2.45, 2.75) is 26.0 Å². The van der Waals surface area contributed by atoms with Gasteiger partial charge >= 0.3 is 17.7 Å². The Morgan fingerprint density at radius 3 is 2.09 bits per heavy atom. The van der Waals surface area contributed by atoms with Crippen LogP contribution < -0.4 is 27.2 Å². The summed E-state index contributed by atoms with van der Waals surface area (Å²) in [7, 11) is 0. The van der Waals surface area contributed by atoms with E-state index in [1.54, 1.807) is 0 Å². The second-order valence-electron chi connectivity index (χ2n) is 9.27. The molecule has 0 aliphatic heterocycles. The number of nitrogens with two attached hydrogens (primary N) is 1. The van der Waals surface area contributed by atoms with Gasteiger partial charge in [-0.15, -0.1) is 13.2 Å². The maximum absolute atomic E-state index is 14.5. The third kappa shape index (κ3) is 6.47. The lowest BCUT2D eigenvalue weighted by Crippen LogP contribution is -2.43. The SMILES string of the molecule is Nc1nc2ccc(F)c(F)c2n1CCNc1nc(=O)n(Cc2ccc(F)cc2)c(=O)n1Cc1ccc(OC(F)(F)F)cc1. The van der Waals surface area contributed by atoms with Crippen molar-refractivity contribution in [3.05, 3.63) is 110 Å². The molecule has 2 aromatic heterocycles. The van der Waals surface area contributed by atoms with Crippen LogP contribution in [-0.2, 0) is 19.6 Å². The summed E-state index contributed by atoms with van der Waals surface area (Å²) in [5.41, 5.74) is 4.85. The van der Waals surface area contributed by atoms with Crippen LogP contribution in [0.2, 0.25) is 0 Å². The van der Waals surface area contributed by atoms with Crippen LogP contribution >= 0.6 is 0 Å². The fourth-order valence-electron chi connectivity index (χ4n) is 4.37. The first-order chi connectivity index (χ1) is 20.4. The van der Waals surface area contributed by atoms with E-state index in [1.165, 1.54) is 34.9 Å². The molecule has 10 nitrogen and oxygen atoms in total. The van der Waals surface area contributed by atoms with Crippen LogP contribution in [0.15, 0.2) is 70.3 Å². The summed E-state index contributed by atoms with van der Waals surface area (Å²) in [5, 5.41) is 2.82. The number of ether oxygens (including phenoxy) is 1. The average molecular weight is 605 g/mol. The monoisotopic (exact) mass is 605 g/mol. The van der Waals surface area contributed by atoms with Gasteiger partial charge in [-0.25, -0.2) is 32.3 Å². The molecule has 3 aromatic carbocycles. The van der Waals surface area contributed by atoms with Crippen molar-refractivity contribution in [2.24, 2.45) is 0 Å². The van der Waals surface area contributed by atoms with Crippen LogP contribution in [0.4, 0.5) is 38.2 Å². The molecule has 0 amide bonds. The van der Waals surface area contributed by atoms with Crippen molar-refractivity contribution in [1.82, 2.24) is 23.7 Å². The Morgan fingerprint density at radius 1 is 0.814 bits per heavy atom. The molecule has 224 valence electrons. The summed E-state index contributed by atoms with van der Waals surface area (Å²) in [6, 6.07) is 12.0. The Hall–Kier alpha value is -5.28. The van der Waals surface area contributed by atoms with E-state index < -0.39 is 40.9 Å². The molecule has 0 bridgehead atoms. The molecule has 0 spiro atoms. The zero-order chi connectivity index (χ0) is 30.9. The van der Waals surface area contributed by atoms with Crippen LogP contribution in [0, 0.1) is 17.5 Å². The number of anilines is 2. The lowest BCUT2D eigenvalue weighted by atomic mass is 10.2. The number of benzene rings is 3. The van der Waals surface area contributed by atoms with E-state index in [0.717, 1.165) is 39.5 Å². The highest BCUT2D eigenvalue weighted by Gasteiger charge is 2.31. The molecule has 16 heteroatoms. The minimum atomic E-state index is -4.89. The smallest absolute Gasteiger partial charge is 0.406 e. The van der Waals surface area contributed by atoms with Crippen LogP contribution in [-0.4, -0.2) is 36.6 Å². The minimum absolute atomic E-state index is 0.0826. The number of aromatic nitrogens is 5. The molecule has 0 aliphatic rings. The van der Waals surface area contributed by atoms with Gasteiger partial charge in [-0.3, -0.25) is 4.57 Å². The molecule has 0 fully saturated rings. The van der Waals surface area contributed by atoms with Crippen molar-refractivity contribution in [2.75, 3.05) is 17.6 Å². The molecule has 43 heavy (non-hydrogen) atoms. The van der Waals surface area contributed by atoms with Crippen molar-refractivity contribution in [1.29, 1.82) is 0 Å². The van der Waals surface area contributed by atoms with E-state index in [-0.39, 0.29) is 49.1 Å². The number of fused-ring (bicyclic) bond motifs is 1. The number of nitrogen functional groups attached to an aromatic ring is 1. The predicted octanol–water partition coefficient (Wildman–Crippen LogP) is 3.86. The minimum Gasteiger partial charge on any atom is -0.406 e. The van der Waals surface area contributed by atoms with Crippen molar-refractivity contribution in [3.8, 4) is 5.75 Å². The molecule has 5 rings (SSSR count). The number of rotatable bonds is 9. The number of hydrogen-bond acceptors (Lipinski definition) is 7. The summed E-state index contributed by atoms with van der Waals surface area (Å²) in [6.45, 7) is -0.648. The van der Waals surface area contributed by atoms with Crippen molar-refractivity contribution >= 4 is 22.9 Å². The van der Waals surface area contributed by atoms with Crippen LogP contribution in [0.1, 0.15) is 11.1 Å². The molecule has 0 unspecified atom stereocenters. The maximum Gasteiger partial charge on any atom is 0.573 e. The van der Waals surface area contributed by atoms with E-state index in [0.29, 0.717) is 11.1 Å². The molecule has 0 saturated carbocycles. The van der Waals surface area contributed by atoms with E-state index in [1.807, 2.05) is 0 Å². The van der Waals surface area contributed by atoms with E-state index >= 15 is 0 Å². The standard InChI is InChI=1S/C27H21F6N7O3/c28-17-5-1-15(2-6-17)14-40-25(41)37-24(35-11-12-38-22-20(36-23(38)34)10-9-19(29)21(22)30)39(26(40)42)13-16-3-7-18(8-4-16)43-27(31,32)33/h1-10H,11-14H2,(H2,34,36)(H,35,37,41). The normalized spacial score (nSPS) is 11.7. The third-order valence-corrected chi connectivity index (χ3v) is 6.35. The van der Waals surface area contributed by atoms with Gasteiger partial charge in [-0.05, 0) is 47.5 Å². The number of imidazole rings is 1. The van der Waals surface area contributed by atoms with Gasteiger partial charge in [0, 0.05) is 13.1 Å². The topological polar surface area (TPSA) is 122 Å². The van der Waals surface area contributed by atoms with Gasteiger partial charge in [-0.1, -0.05) is 24.3 Å². The van der Waals surface area contributed by atoms with E-state index in [2.05, 4.69) is 20.0 Å². The van der Waals surface area contributed by atoms with Gasteiger partial charge in [0.1, 0.15) is 17.1 Å². The Morgan fingerprint density at radius 2 is 1.44 bits per heavy atom. The first-order valence-corrected chi connectivity index (χ1v) is 12.5. The molecular formula is C27H21F6N7O3. The van der Waals surface area contributed by atoms with Crippen molar-refractivity contribution in [3.63, 3.8) is 0 Å². The highest BCUT2D eigenvalue weighted by atomic mass is 19.4. The van der Waals surface area contributed by atoms with Crippen LogP contribution in [0.25, 0.3) is 11.0 Å². The second kappa shape index (κ2) is 11.5. The lowest BCUT2D eigenvalue weighted by Gasteiger charge is -2.16. The summed E-state index contributed by atoms with van der Waals surface area (Å²) < 4.78 is 86.3. The molecule has 2 heterocycles. The van der Waals surface area contributed by atoms with Gasteiger partial charge in [0.15, 0.2) is 11.6 Å². The molecular weight excluding hydrogens is 584 g/mol. The quantitative estimate of drug-likeness (QED) is 0.245. The summed E-state index contributed by atoms with van der Waals surface area (Å²) >= 11 is 0. The highest BCUT2D eigenvalue weighted by molar-refractivity contribution is 5.79. The molecule has 0 radical (unpaired) electrons. The Balaban J connectivity index is 1.46. The molecule has 0 aliphatic carbocycles. The van der Waals surface area contributed by atoms with Gasteiger partial charge < -0.3 is 20.4 Å². The Bertz CT molecular complexity index is 1900. The predicted molar refractivity (Wildman–Crippen MR) is 143 cm³/mol. The van der Waals surface area contributed by atoms with Gasteiger partial charge in [-0.2, -0.15) is 4.98 Å². The summed E-state index contributed by atoms with van der Waals surface area (Å²) in [4.78, 5) is 34.4. The number of nitrogens with one attached hydrogen (secondary N) is 1. The largest absolute Gasteiger partial charge is 0.573 e. The maximum atomic E-state index is 14.5. The van der Waals surface area contributed by atoms with Crippen molar-refractivity contribution < 1.29 is 31.1 Å². The van der Waals surface area contributed by atoms with Crippen LogP contribution in [0.5, 0.6) is 5.75 Å². The first-order valence-electron chi connectivity index (χ1n) is 12.5. The fourth-order valence-corrected chi connectivity index (χ4v) is 4.37. The summed E-state index contributed by atoms with van der Waals surface area (Å²) in [5.74, 6) is -3.57. The molecule has 3 N–H and O–H groups in total. The number of nitrogens with zero attached hydrogens (tertiary/aromatic N) is 5. The van der Waals surface area contributed by atoms with E-state index in [9.17, 15) is 35.9 Å². The zero-order valence-corrected chi connectivity index (χ0v) is 21.9. The molecule has 0 saturated heterocycles. The second-order valence-corrected chi connectivity index (χ2v) is 9.27. The first kappa shape index (κ1) is 29.2. The fraction of sp³-hybridized carbons (Fsp3) is 0.185. The third-order valence-electron chi connectivity index (χ3n) is 6.35. The van der Waals surface area contributed by atoms with E-state index in [4.69, 9.17) is 5.73 Å². The Labute approximate surface area is 237 Å². The zero-order valence-electron chi connectivity index (χ0n) is 21.9. The lowest BCUT2D eigenvalue weighted by molar-refractivity contribution is -0.274. The number of halogens is 6. The van der Waals surface area contributed by atoms with Gasteiger partial charge in [0.2, 0.25) is 11.9 Å². The summed E-state index contributed by atoms with van der Waals surface area (Å²) in [6.07, 6.45) is -4.89. The van der Waals surface area contributed by atoms with Crippen LogP contribution in [0.3, 0.4) is 0 Å². The molecule has 0 atom stereocenters. The molecule has 5 aromatic rings.